The lowest BCUT2D eigenvalue weighted by molar-refractivity contribution is 0.0940. The Hall–Kier alpha value is -1.86. The van der Waals surface area contributed by atoms with Crippen LogP contribution in [-0.4, -0.2) is 36.9 Å². The Bertz CT molecular complexity index is 920. The number of carbonyl (C=O) groups excluding carboxylic acids is 1. The first-order chi connectivity index (χ1) is 10.4. The number of hydrogen-bond donors (Lipinski definition) is 2. The second-order valence-corrected chi connectivity index (χ2v) is 7.96. The maximum absolute atomic E-state index is 12.4. The number of amides is 1. The molecule has 1 saturated heterocycles. The first-order valence-electron chi connectivity index (χ1n) is 6.68. The van der Waals surface area contributed by atoms with Crippen LogP contribution in [0.1, 0.15) is 16.8 Å². The molecule has 8 heteroatoms. The van der Waals surface area contributed by atoms with E-state index in [0.29, 0.717) is 22.3 Å². The van der Waals surface area contributed by atoms with Crippen molar-refractivity contribution in [3.63, 3.8) is 0 Å². The van der Waals surface area contributed by atoms with Gasteiger partial charge in [0, 0.05) is 28.2 Å². The van der Waals surface area contributed by atoms with E-state index in [1.54, 1.807) is 12.1 Å². The number of H-pyrrole nitrogens is 1. The normalized spacial score (nSPS) is 20.1. The van der Waals surface area contributed by atoms with Crippen molar-refractivity contribution >= 4 is 38.2 Å². The number of pyridine rings is 1. The standard InChI is InChI=1S/C14H13ClN2O4S/c15-8-1-2-12-10(5-8)13(18)11(6-16-12)14(19)17-9-3-4-22(20,21)7-9/h1-2,5-6,9H,3-4,7H2,(H,16,18)(H,17,19)/t9-/m0/s1. The summed E-state index contributed by atoms with van der Waals surface area (Å²) in [6, 6.07) is 4.34. The minimum Gasteiger partial charge on any atom is -0.360 e. The summed E-state index contributed by atoms with van der Waals surface area (Å²) in [4.78, 5) is 27.4. The highest BCUT2D eigenvalue weighted by Gasteiger charge is 2.29. The van der Waals surface area contributed by atoms with Crippen LogP contribution in [0, 0.1) is 0 Å². The van der Waals surface area contributed by atoms with Gasteiger partial charge in [-0.1, -0.05) is 11.6 Å². The van der Waals surface area contributed by atoms with E-state index in [4.69, 9.17) is 11.6 Å². The van der Waals surface area contributed by atoms with Gasteiger partial charge in [0.2, 0.25) is 5.43 Å². The molecule has 1 fully saturated rings. The molecular weight excluding hydrogens is 328 g/mol. The molecule has 1 amide bonds. The van der Waals surface area contributed by atoms with Crippen LogP contribution >= 0.6 is 11.6 Å². The van der Waals surface area contributed by atoms with Crippen molar-refractivity contribution in [1.29, 1.82) is 0 Å². The number of aromatic nitrogens is 1. The lowest BCUT2D eigenvalue weighted by Gasteiger charge is -2.10. The monoisotopic (exact) mass is 340 g/mol. The SMILES string of the molecule is O=C(N[C@H]1CCS(=O)(=O)C1)c1c[nH]c2ccc(Cl)cc2c1=O. The van der Waals surface area contributed by atoms with E-state index in [0.717, 1.165) is 0 Å². The fourth-order valence-electron chi connectivity index (χ4n) is 2.53. The lowest BCUT2D eigenvalue weighted by Crippen LogP contribution is -2.38. The van der Waals surface area contributed by atoms with E-state index >= 15 is 0 Å². The molecular formula is C14H13ClN2O4S. The molecule has 2 aromatic rings. The highest BCUT2D eigenvalue weighted by molar-refractivity contribution is 7.91. The molecule has 0 radical (unpaired) electrons. The molecule has 2 heterocycles. The molecule has 1 aliphatic rings. The highest BCUT2D eigenvalue weighted by Crippen LogP contribution is 2.16. The predicted molar refractivity (Wildman–Crippen MR) is 84.1 cm³/mol. The van der Waals surface area contributed by atoms with Crippen LogP contribution in [0.15, 0.2) is 29.2 Å². The number of hydrogen-bond acceptors (Lipinski definition) is 4. The number of carbonyl (C=O) groups is 1. The Balaban J connectivity index is 1.91. The quantitative estimate of drug-likeness (QED) is 0.855. The van der Waals surface area contributed by atoms with Crippen molar-refractivity contribution in [3.05, 3.63) is 45.2 Å². The number of rotatable bonds is 2. The zero-order valence-corrected chi connectivity index (χ0v) is 13.0. The molecule has 0 unspecified atom stereocenters. The van der Waals surface area contributed by atoms with Gasteiger partial charge in [0.05, 0.1) is 11.5 Å². The van der Waals surface area contributed by atoms with Crippen molar-refractivity contribution < 1.29 is 13.2 Å². The third-order valence-corrected chi connectivity index (χ3v) is 5.66. The van der Waals surface area contributed by atoms with Crippen LogP contribution in [0.2, 0.25) is 5.02 Å². The molecule has 0 saturated carbocycles. The topological polar surface area (TPSA) is 96.1 Å². The fourth-order valence-corrected chi connectivity index (χ4v) is 4.38. The zero-order chi connectivity index (χ0) is 15.9. The van der Waals surface area contributed by atoms with E-state index in [2.05, 4.69) is 10.3 Å². The molecule has 2 N–H and O–H groups in total. The summed E-state index contributed by atoms with van der Waals surface area (Å²) < 4.78 is 22.8. The number of benzene rings is 1. The Morgan fingerprint density at radius 1 is 1.36 bits per heavy atom. The molecule has 6 nitrogen and oxygen atoms in total. The van der Waals surface area contributed by atoms with Crippen LogP contribution in [-0.2, 0) is 9.84 Å². The van der Waals surface area contributed by atoms with Crippen molar-refractivity contribution in [2.75, 3.05) is 11.5 Å². The average Bonchev–Trinajstić information content (AvgIpc) is 2.79. The van der Waals surface area contributed by atoms with E-state index in [1.165, 1.54) is 12.3 Å². The van der Waals surface area contributed by atoms with Crippen LogP contribution in [0.5, 0.6) is 0 Å². The highest BCUT2D eigenvalue weighted by atomic mass is 35.5. The molecule has 1 aromatic heterocycles. The summed E-state index contributed by atoms with van der Waals surface area (Å²) >= 11 is 5.87. The van der Waals surface area contributed by atoms with Gasteiger partial charge >= 0.3 is 0 Å². The molecule has 0 spiro atoms. The molecule has 0 bridgehead atoms. The molecule has 1 aliphatic heterocycles. The maximum atomic E-state index is 12.4. The van der Waals surface area contributed by atoms with Crippen LogP contribution in [0.4, 0.5) is 0 Å². The number of halogens is 1. The van der Waals surface area contributed by atoms with Gasteiger partial charge in [-0.2, -0.15) is 0 Å². The van der Waals surface area contributed by atoms with E-state index in [9.17, 15) is 18.0 Å². The predicted octanol–water partition coefficient (Wildman–Crippen LogP) is 1.10. The van der Waals surface area contributed by atoms with Gasteiger partial charge in [0.15, 0.2) is 9.84 Å². The van der Waals surface area contributed by atoms with Gasteiger partial charge in [0.25, 0.3) is 5.91 Å². The van der Waals surface area contributed by atoms with Gasteiger partial charge in [-0.25, -0.2) is 8.42 Å². The second kappa shape index (κ2) is 5.40. The molecule has 0 aliphatic carbocycles. The largest absolute Gasteiger partial charge is 0.360 e. The minimum atomic E-state index is -3.09. The van der Waals surface area contributed by atoms with Gasteiger partial charge in [-0.15, -0.1) is 0 Å². The molecule has 1 aromatic carbocycles. The Morgan fingerprint density at radius 2 is 2.14 bits per heavy atom. The maximum Gasteiger partial charge on any atom is 0.257 e. The van der Waals surface area contributed by atoms with E-state index in [1.807, 2.05) is 0 Å². The molecule has 1 atom stereocenters. The number of sulfone groups is 1. The average molecular weight is 341 g/mol. The first kappa shape index (κ1) is 15.1. The second-order valence-electron chi connectivity index (χ2n) is 5.29. The summed E-state index contributed by atoms with van der Waals surface area (Å²) in [5, 5.41) is 3.32. The van der Waals surface area contributed by atoms with Crippen LogP contribution in [0.25, 0.3) is 10.9 Å². The van der Waals surface area contributed by atoms with Crippen molar-refractivity contribution in [2.24, 2.45) is 0 Å². The molecule has 3 rings (SSSR count). The summed E-state index contributed by atoms with van der Waals surface area (Å²) in [6.07, 6.45) is 1.70. The number of aromatic amines is 1. The smallest absolute Gasteiger partial charge is 0.257 e. The van der Waals surface area contributed by atoms with Crippen LogP contribution < -0.4 is 10.7 Å². The van der Waals surface area contributed by atoms with Crippen molar-refractivity contribution in [2.45, 2.75) is 12.5 Å². The molecule has 22 heavy (non-hydrogen) atoms. The van der Waals surface area contributed by atoms with E-state index in [-0.39, 0.29) is 17.1 Å². The van der Waals surface area contributed by atoms with Gasteiger partial charge in [-0.3, -0.25) is 9.59 Å². The third kappa shape index (κ3) is 2.86. The first-order valence-corrected chi connectivity index (χ1v) is 8.88. The summed E-state index contributed by atoms with van der Waals surface area (Å²) in [5.74, 6) is -0.609. The Morgan fingerprint density at radius 3 is 2.82 bits per heavy atom. The summed E-state index contributed by atoms with van der Waals surface area (Å²) in [5.41, 5.74) is 0.0862. The summed E-state index contributed by atoms with van der Waals surface area (Å²) in [7, 11) is -3.09. The van der Waals surface area contributed by atoms with Gasteiger partial charge in [0.1, 0.15) is 5.56 Å². The zero-order valence-electron chi connectivity index (χ0n) is 11.4. The van der Waals surface area contributed by atoms with Crippen molar-refractivity contribution in [1.82, 2.24) is 10.3 Å². The fraction of sp³-hybridized carbons (Fsp3) is 0.286. The van der Waals surface area contributed by atoms with E-state index < -0.39 is 27.2 Å². The number of fused-ring (bicyclic) bond motifs is 1. The Labute approximate surface area is 131 Å². The minimum absolute atomic E-state index is 0.0564. The summed E-state index contributed by atoms with van der Waals surface area (Å²) in [6.45, 7) is 0. The molecule has 116 valence electrons. The van der Waals surface area contributed by atoms with Gasteiger partial charge < -0.3 is 10.3 Å². The Kier molecular flexibility index (Phi) is 3.70. The van der Waals surface area contributed by atoms with Crippen molar-refractivity contribution in [3.8, 4) is 0 Å². The van der Waals surface area contributed by atoms with Gasteiger partial charge in [-0.05, 0) is 24.6 Å². The third-order valence-electron chi connectivity index (χ3n) is 3.66. The number of nitrogens with one attached hydrogen (secondary N) is 2. The lowest BCUT2D eigenvalue weighted by atomic mass is 10.1. The van der Waals surface area contributed by atoms with Crippen LogP contribution in [0.3, 0.4) is 0 Å².